The predicted octanol–water partition coefficient (Wildman–Crippen LogP) is 6.39. The molecule has 4 rings (SSSR count). The zero-order valence-corrected chi connectivity index (χ0v) is 16.6. The Kier molecular flexibility index (Phi) is 5.31. The highest BCUT2D eigenvalue weighted by Gasteiger charge is 2.28. The Balaban J connectivity index is 1.68. The van der Waals surface area contributed by atoms with Crippen molar-refractivity contribution in [1.82, 2.24) is 9.97 Å². The van der Waals surface area contributed by atoms with Crippen LogP contribution >= 0.6 is 0 Å². The minimum atomic E-state index is -3.02. The Labute approximate surface area is 172 Å². The molecule has 6 heteroatoms. The molecule has 0 radical (unpaired) electrons. The van der Waals surface area contributed by atoms with Gasteiger partial charge in [0, 0.05) is 24.1 Å². The van der Waals surface area contributed by atoms with Crippen molar-refractivity contribution >= 4 is 23.3 Å². The zero-order chi connectivity index (χ0) is 21.1. The number of halogens is 2. The van der Waals surface area contributed by atoms with Crippen LogP contribution in [0.3, 0.4) is 0 Å². The molecule has 4 nitrogen and oxygen atoms in total. The van der Waals surface area contributed by atoms with Gasteiger partial charge in [0.15, 0.2) is 5.58 Å². The van der Waals surface area contributed by atoms with Crippen molar-refractivity contribution in [2.45, 2.75) is 26.4 Å². The predicted molar refractivity (Wildman–Crippen MR) is 112 cm³/mol. The van der Waals surface area contributed by atoms with Gasteiger partial charge in [0.05, 0.1) is 5.69 Å². The number of nitrogens with zero attached hydrogens (tertiary/aromatic N) is 2. The Hall–Kier alpha value is -3.54. The first kappa shape index (κ1) is 19.8. The van der Waals surface area contributed by atoms with E-state index >= 15 is 0 Å². The molecule has 2 heterocycles. The molecule has 0 spiro atoms. The number of alkyl halides is 2. The third-order valence-electron chi connectivity index (χ3n) is 4.61. The molecule has 4 aromatic rings. The van der Waals surface area contributed by atoms with E-state index in [-0.39, 0.29) is 23.7 Å². The molecular formula is C24H20F2N2O2. The number of ether oxygens (including phenoxy) is 1. The fourth-order valence-electron chi connectivity index (χ4n) is 3.13. The smallest absolute Gasteiger partial charge is 0.272 e. The van der Waals surface area contributed by atoms with E-state index in [9.17, 15) is 8.78 Å². The lowest BCUT2D eigenvalue weighted by Gasteiger charge is -2.16. The van der Waals surface area contributed by atoms with Gasteiger partial charge in [0.1, 0.15) is 12.1 Å². The molecule has 0 saturated carbocycles. The lowest BCUT2D eigenvalue weighted by Crippen LogP contribution is -2.12. The number of benzene rings is 2. The van der Waals surface area contributed by atoms with Crippen LogP contribution in [-0.4, -0.2) is 9.97 Å². The maximum Gasteiger partial charge on any atom is 0.272 e. The van der Waals surface area contributed by atoms with Crippen LogP contribution in [0, 0.1) is 6.92 Å². The average molecular weight is 406 g/mol. The molecule has 30 heavy (non-hydrogen) atoms. The third-order valence-corrected chi connectivity index (χ3v) is 4.61. The standard InChI is InChI=1S/C24H20F2N2O2/c1-16-19(24(2,25)26)14-18(23(27-16)29-15-17-8-4-3-5-9-17)12-13-22-28-20-10-6-7-11-21(20)30-22/h3-14H,15H2,1-2H3/b13-12+. The SMILES string of the molecule is Cc1nc(OCc2ccccc2)c(/C=C/c2nc3ccccc3o2)cc1C(C)(F)F. The second kappa shape index (κ2) is 8.06. The first-order valence-corrected chi connectivity index (χ1v) is 9.50. The summed E-state index contributed by atoms with van der Waals surface area (Å²) in [7, 11) is 0. The maximum atomic E-state index is 14.0. The average Bonchev–Trinajstić information content (AvgIpc) is 3.14. The molecule has 0 aliphatic rings. The van der Waals surface area contributed by atoms with Gasteiger partial charge in [0.2, 0.25) is 11.8 Å². The van der Waals surface area contributed by atoms with Crippen LogP contribution in [0.2, 0.25) is 0 Å². The fourth-order valence-corrected chi connectivity index (χ4v) is 3.13. The van der Waals surface area contributed by atoms with Gasteiger partial charge in [-0.1, -0.05) is 42.5 Å². The van der Waals surface area contributed by atoms with Crippen molar-refractivity contribution in [2.24, 2.45) is 0 Å². The van der Waals surface area contributed by atoms with Gasteiger partial charge in [-0.3, -0.25) is 0 Å². The second-order valence-corrected chi connectivity index (χ2v) is 7.03. The summed E-state index contributed by atoms with van der Waals surface area (Å²) in [5.41, 5.74) is 2.84. The molecule has 152 valence electrons. The van der Waals surface area contributed by atoms with Gasteiger partial charge in [-0.25, -0.2) is 18.7 Å². The van der Waals surface area contributed by atoms with Crippen LogP contribution in [0.1, 0.15) is 35.2 Å². The summed E-state index contributed by atoms with van der Waals surface area (Å²) in [6.45, 7) is 2.69. The van der Waals surface area contributed by atoms with Crippen LogP contribution in [0.25, 0.3) is 23.3 Å². The molecule has 0 amide bonds. The maximum absolute atomic E-state index is 14.0. The minimum absolute atomic E-state index is 0.147. The second-order valence-electron chi connectivity index (χ2n) is 7.03. The van der Waals surface area contributed by atoms with Crippen LogP contribution in [-0.2, 0) is 12.5 Å². The number of aromatic nitrogens is 2. The molecule has 0 aliphatic heterocycles. The number of aryl methyl sites for hydroxylation is 1. The van der Waals surface area contributed by atoms with E-state index in [0.29, 0.717) is 17.0 Å². The highest BCUT2D eigenvalue weighted by Crippen LogP contribution is 2.33. The number of para-hydroxylation sites is 2. The largest absolute Gasteiger partial charge is 0.472 e. The zero-order valence-electron chi connectivity index (χ0n) is 16.6. The summed E-state index contributed by atoms with van der Waals surface area (Å²) in [6, 6.07) is 18.4. The van der Waals surface area contributed by atoms with Gasteiger partial charge in [-0.05, 0) is 36.8 Å². The van der Waals surface area contributed by atoms with Gasteiger partial charge in [-0.15, -0.1) is 0 Å². The van der Waals surface area contributed by atoms with Gasteiger partial charge in [-0.2, -0.15) is 0 Å². The molecule has 0 aliphatic carbocycles. The molecule has 0 unspecified atom stereocenters. The molecule has 2 aromatic heterocycles. The Morgan fingerprint density at radius 2 is 1.73 bits per heavy atom. The van der Waals surface area contributed by atoms with Gasteiger partial charge >= 0.3 is 0 Å². The first-order chi connectivity index (χ1) is 14.4. The van der Waals surface area contributed by atoms with Gasteiger partial charge < -0.3 is 9.15 Å². The minimum Gasteiger partial charge on any atom is -0.472 e. The molecular weight excluding hydrogens is 386 g/mol. The van der Waals surface area contributed by atoms with Crippen molar-refractivity contribution in [3.8, 4) is 5.88 Å². The Morgan fingerprint density at radius 3 is 2.47 bits per heavy atom. The Morgan fingerprint density at radius 1 is 1.00 bits per heavy atom. The van der Waals surface area contributed by atoms with E-state index in [1.165, 1.54) is 6.07 Å². The van der Waals surface area contributed by atoms with E-state index < -0.39 is 5.92 Å². The van der Waals surface area contributed by atoms with Gasteiger partial charge in [0.25, 0.3) is 5.92 Å². The number of hydrogen-bond donors (Lipinski definition) is 0. The molecule has 0 N–H and O–H groups in total. The highest BCUT2D eigenvalue weighted by molar-refractivity contribution is 5.76. The van der Waals surface area contributed by atoms with E-state index in [1.807, 2.05) is 54.6 Å². The number of pyridine rings is 1. The van der Waals surface area contributed by atoms with Crippen LogP contribution < -0.4 is 4.74 Å². The summed E-state index contributed by atoms with van der Waals surface area (Å²) in [5, 5.41) is 0. The van der Waals surface area contributed by atoms with Crippen LogP contribution in [0.4, 0.5) is 8.78 Å². The molecule has 0 fully saturated rings. The quantitative estimate of drug-likeness (QED) is 0.372. The van der Waals surface area contributed by atoms with Crippen molar-refractivity contribution in [3.63, 3.8) is 0 Å². The van der Waals surface area contributed by atoms with Crippen molar-refractivity contribution in [3.05, 3.63) is 88.9 Å². The lowest BCUT2D eigenvalue weighted by atomic mass is 10.1. The topological polar surface area (TPSA) is 48.2 Å². The number of rotatable bonds is 6. The summed E-state index contributed by atoms with van der Waals surface area (Å²) in [4.78, 5) is 8.68. The Bertz CT molecular complexity index is 1160. The fraction of sp³-hybridized carbons (Fsp3) is 0.167. The number of fused-ring (bicyclic) bond motifs is 1. The van der Waals surface area contributed by atoms with E-state index in [0.717, 1.165) is 18.0 Å². The van der Waals surface area contributed by atoms with Crippen LogP contribution in [0.5, 0.6) is 5.88 Å². The molecule has 0 atom stereocenters. The molecule has 2 aromatic carbocycles. The van der Waals surface area contributed by atoms with E-state index in [2.05, 4.69) is 9.97 Å². The summed E-state index contributed by atoms with van der Waals surface area (Å²) < 4.78 is 39.6. The van der Waals surface area contributed by atoms with Crippen molar-refractivity contribution in [2.75, 3.05) is 0 Å². The summed E-state index contributed by atoms with van der Waals surface area (Å²) in [5.74, 6) is -2.37. The summed E-state index contributed by atoms with van der Waals surface area (Å²) in [6.07, 6.45) is 3.26. The molecule has 0 saturated heterocycles. The van der Waals surface area contributed by atoms with Crippen molar-refractivity contribution in [1.29, 1.82) is 0 Å². The van der Waals surface area contributed by atoms with Crippen molar-refractivity contribution < 1.29 is 17.9 Å². The number of oxazole rings is 1. The highest BCUT2D eigenvalue weighted by atomic mass is 19.3. The lowest BCUT2D eigenvalue weighted by molar-refractivity contribution is 0.0163. The third kappa shape index (κ3) is 4.38. The first-order valence-electron chi connectivity index (χ1n) is 9.50. The van der Waals surface area contributed by atoms with E-state index in [4.69, 9.17) is 9.15 Å². The number of hydrogen-bond acceptors (Lipinski definition) is 4. The molecule has 0 bridgehead atoms. The van der Waals surface area contributed by atoms with Crippen LogP contribution in [0.15, 0.2) is 65.1 Å². The summed E-state index contributed by atoms with van der Waals surface area (Å²) >= 11 is 0. The van der Waals surface area contributed by atoms with E-state index in [1.54, 1.807) is 19.1 Å². The normalized spacial score (nSPS) is 12.0. The monoisotopic (exact) mass is 406 g/mol.